The van der Waals surface area contributed by atoms with Crippen molar-refractivity contribution in [3.8, 4) is 11.5 Å². The van der Waals surface area contributed by atoms with Gasteiger partial charge in [-0.2, -0.15) is 0 Å². The van der Waals surface area contributed by atoms with Crippen LogP contribution in [0.15, 0.2) is 28.8 Å². The van der Waals surface area contributed by atoms with Crippen molar-refractivity contribution >= 4 is 11.4 Å². The minimum absolute atomic E-state index is 0.658. The first-order valence-corrected chi connectivity index (χ1v) is 6.98. The molecule has 2 heterocycles. The van der Waals surface area contributed by atoms with E-state index in [2.05, 4.69) is 10.3 Å². The van der Waals surface area contributed by atoms with Crippen LogP contribution < -0.4 is 14.8 Å². The number of nitrogens with zero attached hydrogens (tertiary/aromatic N) is 2. The van der Waals surface area contributed by atoms with E-state index in [0.717, 1.165) is 34.3 Å². The van der Waals surface area contributed by atoms with E-state index in [0.29, 0.717) is 12.4 Å². The Morgan fingerprint density at radius 3 is 2.82 bits per heavy atom. The summed E-state index contributed by atoms with van der Waals surface area (Å²) in [6.07, 6.45) is 2.00. The van der Waals surface area contributed by atoms with E-state index in [1.807, 2.05) is 43.3 Å². The van der Waals surface area contributed by atoms with E-state index < -0.39 is 0 Å². The van der Waals surface area contributed by atoms with Gasteiger partial charge in [0.25, 0.3) is 0 Å². The van der Waals surface area contributed by atoms with Gasteiger partial charge in [-0.1, -0.05) is 0 Å². The molecule has 0 aliphatic carbocycles. The van der Waals surface area contributed by atoms with Crippen LogP contribution in [-0.4, -0.2) is 31.2 Å². The average molecular weight is 301 g/mol. The van der Waals surface area contributed by atoms with Gasteiger partial charge in [-0.15, -0.1) is 0 Å². The molecule has 6 heteroatoms. The Kier molecular flexibility index (Phi) is 3.66. The fraction of sp³-hybridized carbons (Fsp3) is 0.312. The number of fused-ring (bicyclic) bond motifs is 1. The summed E-state index contributed by atoms with van der Waals surface area (Å²) in [6, 6.07) is 5.61. The van der Waals surface area contributed by atoms with Crippen molar-refractivity contribution in [1.82, 2.24) is 9.88 Å². The molecule has 0 saturated carbocycles. The minimum Gasteiger partial charge on any atom is -0.497 e. The van der Waals surface area contributed by atoms with E-state index in [4.69, 9.17) is 13.9 Å². The highest BCUT2D eigenvalue weighted by Crippen LogP contribution is 2.34. The molecule has 0 fully saturated rings. The molecule has 116 valence electrons. The molecule has 1 aromatic carbocycles. The number of methoxy groups -OCH3 is 2. The molecule has 0 atom stereocenters. The highest BCUT2D eigenvalue weighted by Gasteiger charge is 2.22. The largest absolute Gasteiger partial charge is 0.497 e. The van der Waals surface area contributed by atoms with Gasteiger partial charge in [0.05, 0.1) is 32.1 Å². The van der Waals surface area contributed by atoms with Crippen LogP contribution in [0.3, 0.4) is 0 Å². The van der Waals surface area contributed by atoms with E-state index in [1.54, 1.807) is 14.2 Å². The van der Waals surface area contributed by atoms with Crippen LogP contribution in [0.4, 0.5) is 5.69 Å². The van der Waals surface area contributed by atoms with E-state index in [1.165, 1.54) is 0 Å². The summed E-state index contributed by atoms with van der Waals surface area (Å²) in [5, 5.41) is 3.37. The second-order valence-electron chi connectivity index (χ2n) is 5.15. The van der Waals surface area contributed by atoms with E-state index in [9.17, 15) is 0 Å². The highest BCUT2D eigenvalue weighted by molar-refractivity contribution is 5.79. The number of nitrogens with one attached hydrogen (secondary N) is 1. The van der Waals surface area contributed by atoms with Gasteiger partial charge in [-0.3, -0.25) is 0 Å². The number of anilines is 1. The maximum absolute atomic E-state index is 5.66. The van der Waals surface area contributed by atoms with Crippen LogP contribution in [-0.2, 0) is 6.54 Å². The van der Waals surface area contributed by atoms with Crippen molar-refractivity contribution in [3.05, 3.63) is 41.7 Å². The van der Waals surface area contributed by atoms with E-state index in [-0.39, 0.29) is 0 Å². The quantitative estimate of drug-likeness (QED) is 0.937. The third-order valence-electron chi connectivity index (χ3n) is 3.48. The van der Waals surface area contributed by atoms with Gasteiger partial charge >= 0.3 is 0 Å². The van der Waals surface area contributed by atoms with E-state index >= 15 is 0 Å². The molecule has 1 aromatic heterocycles. The third kappa shape index (κ3) is 2.59. The lowest BCUT2D eigenvalue weighted by atomic mass is 10.2. The zero-order valence-electron chi connectivity index (χ0n) is 13.1. The van der Waals surface area contributed by atoms with Gasteiger partial charge in [0, 0.05) is 26.2 Å². The molecule has 3 rings (SSSR count). The first-order chi connectivity index (χ1) is 10.6. The molecule has 1 aliphatic heterocycles. The minimum atomic E-state index is 0.658. The Hall–Kier alpha value is -2.63. The molecular formula is C16H19N3O3. The predicted molar refractivity (Wildman–Crippen MR) is 83.9 cm³/mol. The second kappa shape index (κ2) is 5.63. The summed E-state index contributed by atoms with van der Waals surface area (Å²) in [7, 11) is 5.27. The topological polar surface area (TPSA) is 59.8 Å². The smallest absolute Gasteiger partial charge is 0.192 e. The zero-order chi connectivity index (χ0) is 15.7. The molecule has 0 bridgehead atoms. The van der Waals surface area contributed by atoms with Crippen molar-refractivity contribution in [3.63, 3.8) is 0 Å². The summed E-state index contributed by atoms with van der Waals surface area (Å²) in [6.45, 7) is 2.55. The Balaban J connectivity index is 1.98. The maximum atomic E-state index is 5.66. The monoisotopic (exact) mass is 301 g/mol. The van der Waals surface area contributed by atoms with Crippen molar-refractivity contribution in [1.29, 1.82) is 0 Å². The third-order valence-corrected chi connectivity index (χ3v) is 3.48. The number of benzene rings is 1. The van der Waals surface area contributed by atoms with Gasteiger partial charge in [0.2, 0.25) is 0 Å². The molecular weight excluding hydrogens is 282 g/mol. The van der Waals surface area contributed by atoms with Crippen molar-refractivity contribution in [2.24, 2.45) is 0 Å². The highest BCUT2D eigenvalue weighted by atomic mass is 16.5. The lowest BCUT2D eigenvalue weighted by Gasteiger charge is -2.22. The van der Waals surface area contributed by atoms with Crippen LogP contribution in [0.2, 0.25) is 0 Å². The fourth-order valence-corrected chi connectivity index (χ4v) is 2.49. The Morgan fingerprint density at radius 1 is 1.27 bits per heavy atom. The molecule has 6 nitrogen and oxygen atoms in total. The van der Waals surface area contributed by atoms with Crippen molar-refractivity contribution < 1.29 is 13.9 Å². The number of aromatic nitrogens is 1. The Morgan fingerprint density at radius 2 is 2.09 bits per heavy atom. The SMILES string of the molecule is COc1ccc(OC)c(NC2=CN(C)Cc3oc(C)nc32)c1. The first-order valence-electron chi connectivity index (χ1n) is 6.98. The van der Waals surface area contributed by atoms with Gasteiger partial charge in [0.1, 0.15) is 17.2 Å². The van der Waals surface area contributed by atoms with Crippen LogP contribution in [0.5, 0.6) is 11.5 Å². The second-order valence-corrected chi connectivity index (χ2v) is 5.15. The number of hydrogen-bond acceptors (Lipinski definition) is 6. The predicted octanol–water partition coefficient (Wildman–Crippen LogP) is 2.86. The lowest BCUT2D eigenvalue weighted by Crippen LogP contribution is -2.19. The summed E-state index contributed by atoms with van der Waals surface area (Å²) in [5.41, 5.74) is 2.52. The van der Waals surface area contributed by atoms with Crippen LogP contribution in [0.25, 0.3) is 5.70 Å². The van der Waals surface area contributed by atoms with Crippen LogP contribution >= 0.6 is 0 Å². The maximum Gasteiger partial charge on any atom is 0.192 e. The average Bonchev–Trinajstić information content (AvgIpc) is 2.87. The van der Waals surface area contributed by atoms with Crippen molar-refractivity contribution in [2.45, 2.75) is 13.5 Å². The number of ether oxygens (including phenoxy) is 2. The van der Waals surface area contributed by atoms with Gasteiger partial charge in [0.15, 0.2) is 11.7 Å². The molecule has 22 heavy (non-hydrogen) atoms. The Labute approximate surface area is 129 Å². The lowest BCUT2D eigenvalue weighted by molar-refractivity contribution is 0.368. The number of oxazole rings is 1. The fourth-order valence-electron chi connectivity index (χ4n) is 2.49. The molecule has 1 aliphatic rings. The van der Waals surface area contributed by atoms with Gasteiger partial charge in [-0.25, -0.2) is 4.98 Å². The number of rotatable bonds is 4. The normalized spacial score (nSPS) is 13.5. The summed E-state index contributed by atoms with van der Waals surface area (Å²) >= 11 is 0. The molecule has 0 saturated heterocycles. The number of aryl methyl sites for hydroxylation is 1. The van der Waals surface area contributed by atoms with Gasteiger partial charge in [-0.05, 0) is 12.1 Å². The van der Waals surface area contributed by atoms with Crippen LogP contribution in [0, 0.1) is 6.92 Å². The summed E-state index contributed by atoms with van der Waals surface area (Å²) in [5.74, 6) is 3.00. The molecule has 2 aromatic rings. The van der Waals surface area contributed by atoms with Crippen molar-refractivity contribution in [2.75, 3.05) is 26.6 Å². The number of hydrogen-bond donors (Lipinski definition) is 1. The molecule has 0 unspecified atom stereocenters. The zero-order valence-corrected chi connectivity index (χ0v) is 13.1. The molecule has 0 spiro atoms. The molecule has 0 amide bonds. The summed E-state index contributed by atoms with van der Waals surface area (Å²) in [4.78, 5) is 6.51. The van der Waals surface area contributed by atoms with Gasteiger partial charge < -0.3 is 24.1 Å². The summed E-state index contributed by atoms with van der Waals surface area (Å²) < 4.78 is 16.3. The van der Waals surface area contributed by atoms with Crippen LogP contribution in [0.1, 0.15) is 17.3 Å². The molecule has 1 N–H and O–H groups in total. The first kappa shape index (κ1) is 14.3. The Bertz CT molecular complexity index is 721. The standard InChI is InChI=1S/C16H19N3O3/c1-10-17-16-13(8-19(2)9-15(16)22-10)18-12-7-11(20-3)5-6-14(12)21-4/h5-8,18H,9H2,1-4H3. The molecule has 0 radical (unpaired) electrons.